The maximum atomic E-state index is 11.7. The van der Waals surface area contributed by atoms with Gasteiger partial charge in [0.1, 0.15) is 12.4 Å². The van der Waals surface area contributed by atoms with E-state index in [1.807, 2.05) is 0 Å². The number of nitrogens with two attached hydrogens (primary N) is 1. The Hall–Kier alpha value is -2.50. The smallest absolute Gasteiger partial charge is 0.330 e. The molecule has 6 heteroatoms. The zero-order valence-corrected chi connectivity index (χ0v) is 10.6. The number of aromatic nitrogens is 2. The second-order valence-corrected chi connectivity index (χ2v) is 4.12. The van der Waals surface area contributed by atoms with Gasteiger partial charge in [0.15, 0.2) is 0 Å². The second-order valence-electron chi connectivity index (χ2n) is 4.12. The van der Waals surface area contributed by atoms with Gasteiger partial charge in [-0.15, -0.1) is 0 Å². The van der Waals surface area contributed by atoms with Crippen LogP contribution in [0.4, 0.5) is 5.69 Å². The molecule has 2 N–H and O–H groups in total. The lowest BCUT2D eigenvalue weighted by molar-refractivity contribution is 0.292. The van der Waals surface area contributed by atoms with Crippen molar-refractivity contribution in [1.82, 2.24) is 9.13 Å². The number of aryl methyl sites for hydroxylation is 1. The Morgan fingerprint density at radius 1 is 1.26 bits per heavy atom. The first kappa shape index (κ1) is 12.9. The van der Waals surface area contributed by atoms with E-state index in [0.29, 0.717) is 11.4 Å². The number of rotatable bonds is 4. The molecular formula is C13H15N3O3. The number of nitrogen functional groups attached to an aromatic ring is 1. The molecule has 2 aromatic rings. The maximum absolute atomic E-state index is 11.7. The molecule has 0 spiro atoms. The lowest BCUT2D eigenvalue weighted by atomic mass is 10.3. The largest absolute Gasteiger partial charge is 0.492 e. The van der Waals surface area contributed by atoms with Crippen molar-refractivity contribution in [2.45, 2.75) is 6.54 Å². The summed E-state index contributed by atoms with van der Waals surface area (Å²) >= 11 is 0. The van der Waals surface area contributed by atoms with Crippen LogP contribution in [0.2, 0.25) is 0 Å². The summed E-state index contributed by atoms with van der Waals surface area (Å²) in [5.74, 6) is 0.612. The van der Waals surface area contributed by atoms with Crippen molar-refractivity contribution in [2.75, 3.05) is 12.3 Å². The van der Waals surface area contributed by atoms with Gasteiger partial charge in [-0.1, -0.05) is 6.07 Å². The van der Waals surface area contributed by atoms with Crippen LogP contribution in [0.25, 0.3) is 0 Å². The van der Waals surface area contributed by atoms with E-state index in [9.17, 15) is 9.59 Å². The van der Waals surface area contributed by atoms with Crippen LogP contribution in [0.15, 0.2) is 46.1 Å². The fourth-order valence-electron chi connectivity index (χ4n) is 1.68. The molecule has 0 bridgehead atoms. The molecular weight excluding hydrogens is 246 g/mol. The van der Waals surface area contributed by atoms with Crippen molar-refractivity contribution in [3.8, 4) is 5.75 Å². The molecule has 0 aliphatic rings. The Bertz CT molecular complexity index is 688. The molecule has 19 heavy (non-hydrogen) atoms. The lowest BCUT2D eigenvalue weighted by Crippen LogP contribution is -2.39. The SMILES string of the molecule is Cn1ccc(=O)n(CCOc2cccc(N)c2)c1=O. The molecule has 1 heterocycles. The normalized spacial score (nSPS) is 10.4. The van der Waals surface area contributed by atoms with Gasteiger partial charge >= 0.3 is 5.69 Å². The summed E-state index contributed by atoms with van der Waals surface area (Å²) in [7, 11) is 1.59. The Labute approximate surface area is 109 Å². The zero-order valence-electron chi connectivity index (χ0n) is 10.6. The maximum Gasteiger partial charge on any atom is 0.330 e. The Balaban J connectivity index is 2.06. The molecule has 0 aliphatic heterocycles. The van der Waals surface area contributed by atoms with E-state index >= 15 is 0 Å². The van der Waals surface area contributed by atoms with Crippen molar-refractivity contribution in [3.63, 3.8) is 0 Å². The highest BCUT2D eigenvalue weighted by molar-refractivity contribution is 5.43. The first-order valence-corrected chi connectivity index (χ1v) is 5.83. The van der Waals surface area contributed by atoms with Gasteiger partial charge in [0.25, 0.3) is 5.56 Å². The van der Waals surface area contributed by atoms with Gasteiger partial charge in [-0.25, -0.2) is 4.79 Å². The van der Waals surface area contributed by atoms with E-state index < -0.39 is 0 Å². The van der Waals surface area contributed by atoms with Crippen LogP contribution in [-0.2, 0) is 13.6 Å². The van der Waals surface area contributed by atoms with Crippen LogP contribution in [0.5, 0.6) is 5.75 Å². The predicted molar refractivity (Wildman–Crippen MR) is 72.3 cm³/mol. The first-order valence-electron chi connectivity index (χ1n) is 5.83. The van der Waals surface area contributed by atoms with Gasteiger partial charge in [0, 0.05) is 31.1 Å². The van der Waals surface area contributed by atoms with Gasteiger partial charge in [-0.05, 0) is 12.1 Å². The highest BCUT2D eigenvalue weighted by Gasteiger charge is 2.03. The topological polar surface area (TPSA) is 79.2 Å². The van der Waals surface area contributed by atoms with E-state index in [1.165, 1.54) is 16.8 Å². The molecule has 100 valence electrons. The standard InChI is InChI=1S/C13H15N3O3/c1-15-6-5-12(17)16(13(15)18)7-8-19-11-4-2-3-10(14)9-11/h2-6,9H,7-8,14H2,1H3. The third kappa shape index (κ3) is 3.04. The summed E-state index contributed by atoms with van der Waals surface area (Å²) in [6.45, 7) is 0.420. The summed E-state index contributed by atoms with van der Waals surface area (Å²) in [5, 5.41) is 0. The van der Waals surface area contributed by atoms with Crippen molar-refractivity contribution in [1.29, 1.82) is 0 Å². The minimum Gasteiger partial charge on any atom is -0.492 e. The Morgan fingerprint density at radius 2 is 2.05 bits per heavy atom. The van der Waals surface area contributed by atoms with E-state index in [2.05, 4.69) is 0 Å². The van der Waals surface area contributed by atoms with E-state index in [0.717, 1.165) is 4.57 Å². The van der Waals surface area contributed by atoms with Gasteiger partial charge < -0.3 is 15.0 Å². The summed E-state index contributed by atoms with van der Waals surface area (Å²) in [5.41, 5.74) is 5.53. The molecule has 2 rings (SSSR count). The molecule has 0 atom stereocenters. The number of ether oxygens (including phenoxy) is 1. The molecule has 6 nitrogen and oxygen atoms in total. The minimum absolute atomic E-state index is 0.196. The van der Waals surface area contributed by atoms with Crippen LogP contribution in [0, 0.1) is 0 Å². The number of anilines is 1. The third-order valence-corrected chi connectivity index (χ3v) is 2.68. The average molecular weight is 261 g/mol. The van der Waals surface area contributed by atoms with Crippen LogP contribution in [0.3, 0.4) is 0 Å². The fourth-order valence-corrected chi connectivity index (χ4v) is 1.68. The average Bonchev–Trinajstić information content (AvgIpc) is 2.38. The fraction of sp³-hybridized carbons (Fsp3) is 0.231. The van der Waals surface area contributed by atoms with Gasteiger partial charge in [-0.2, -0.15) is 0 Å². The van der Waals surface area contributed by atoms with Crippen LogP contribution in [0.1, 0.15) is 0 Å². The quantitative estimate of drug-likeness (QED) is 0.798. The number of nitrogens with zero attached hydrogens (tertiary/aromatic N) is 2. The first-order chi connectivity index (χ1) is 9.08. The number of hydrogen-bond acceptors (Lipinski definition) is 4. The second kappa shape index (κ2) is 5.43. The van der Waals surface area contributed by atoms with E-state index in [4.69, 9.17) is 10.5 Å². The van der Waals surface area contributed by atoms with Crippen molar-refractivity contribution >= 4 is 5.69 Å². The molecule has 0 unspecified atom stereocenters. The summed E-state index contributed by atoms with van der Waals surface area (Å²) in [6.07, 6.45) is 1.44. The van der Waals surface area contributed by atoms with Crippen LogP contribution in [-0.4, -0.2) is 15.7 Å². The molecule has 0 saturated heterocycles. The molecule has 0 fully saturated rings. The molecule has 1 aromatic heterocycles. The number of hydrogen-bond donors (Lipinski definition) is 1. The van der Waals surface area contributed by atoms with Crippen molar-refractivity contribution < 1.29 is 4.74 Å². The van der Waals surface area contributed by atoms with Gasteiger partial charge in [0.05, 0.1) is 6.54 Å². The minimum atomic E-state index is -0.358. The molecule has 1 aromatic carbocycles. The summed E-state index contributed by atoms with van der Waals surface area (Å²) in [6, 6.07) is 8.33. The Morgan fingerprint density at radius 3 is 2.79 bits per heavy atom. The molecule has 0 saturated carbocycles. The van der Waals surface area contributed by atoms with Crippen molar-refractivity contribution in [2.24, 2.45) is 7.05 Å². The zero-order chi connectivity index (χ0) is 13.8. The van der Waals surface area contributed by atoms with E-state index in [1.54, 1.807) is 31.3 Å². The van der Waals surface area contributed by atoms with Crippen LogP contribution < -0.4 is 21.7 Å². The summed E-state index contributed by atoms with van der Waals surface area (Å²) < 4.78 is 7.93. The van der Waals surface area contributed by atoms with Gasteiger partial charge in [-0.3, -0.25) is 9.36 Å². The van der Waals surface area contributed by atoms with Crippen LogP contribution >= 0.6 is 0 Å². The lowest BCUT2D eigenvalue weighted by Gasteiger charge is -2.08. The summed E-state index contributed by atoms with van der Waals surface area (Å²) in [4.78, 5) is 23.3. The highest BCUT2D eigenvalue weighted by Crippen LogP contribution is 2.13. The highest BCUT2D eigenvalue weighted by atomic mass is 16.5. The van der Waals surface area contributed by atoms with E-state index in [-0.39, 0.29) is 24.4 Å². The van der Waals surface area contributed by atoms with Crippen molar-refractivity contribution in [3.05, 3.63) is 57.4 Å². The molecule has 0 amide bonds. The Kier molecular flexibility index (Phi) is 3.70. The third-order valence-electron chi connectivity index (χ3n) is 2.68. The number of benzene rings is 1. The van der Waals surface area contributed by atoms with Gasteiger partial charge in [0.2, 0.25) is 0 Å². The molecule has 0 aliphatic carbocycles. The molecule has 0 radical (unpaired) electrons. The monoisotopic (exact) mass is 261 g/mol. The predicted octanol–water partition coefficient (Wildman–Crippen LogP) is 0.208.